The van der Waals surface area contributed by atoms with Crippen molar-refractivity contribution < 1.29 is 13.9 Å². The number of nitrogens with one attached hydrogen (secondary N) is 1. The first-order valence-corrected chi connectivity index (χ1v) is 5.12. The van der Waals surface area contributed by atoms with Crippen LogP contribution in [-0.4, -0.2) is 12.7 Å². The number of nitrogens with two attached hydrogens (primary N) is 1. The summed E-state index contributed by atoms with van der Waals surface area (Å²) in [6.45, 7) is 2.34. The highest BCUT2D eigenvalue weighted by Gasteiger charge is 2.06. The minimum absolute atomic E-state index is 0.224. The fourth-order valence-corrected chi connectivity index (χ4v) is 1.09. The largest absolute Gasteiger partial charge is 0.449 e. The average Bonchev–Trinajstić information content (AvgIpc) is 2.24. The van der Waals surface area contributed by atoms with Crippen LogP contribution in [0.1, 0.15) is 19.8 Å². The van der Waals surface area contributed by atoms with Crippen LogP contribution in [-0.2, 0) is 4.74 Å². The zero-order valence-corrected chi connectivity index (χ0v) is 9.13. The molecule has 0 spiro atoms. The molecule has 0 unspecified atom stereocenters. The molecule has 5 heteroatoms. The third kappa shape index (κ3) is 3.76. The summed E-state index contributed by atoms with van der Waals surface area (Å²) in [6.07, 6.45) is 1.12. The highest BCUT2D eigenvalue weighted by molar-refractivity contribution is 5.88. The highest BCUT2D eigenvalue weighted by atomic mass is 19.1. The molecule has 4 nitrogen and oxygen atoms in total. The number of amides is 1. The Bertz CT molecular complexity index is 369. The third-order valence-corrected chi connectivity index (χ3v) is 1.98. The van der Waals surface area contributed by atoms with Crippen LogP contribution in [0.15, 0.2) is 18.2 Å². The summed E-state index contributed by atoms with van der Waals surface area (Å²) < 4.78 is 17.7. The van der Waals surface area contributed by atoms with E-state index in [0.29, 0.717) is 12.3 Å². The van der Waals surface area contributed by atoms with Gasteiger partial charge < -0.3 is 10.5 Å². The summed E-state index contributed by atoms with van der Waals surface area (Å²) in [5.41, 5.74) is 6.08. The lowest BCUT2D eigenvalue weighted by Crippen LogP contribution is -2.15. The van der Waals surface area contributed by atoms with Crippen molar-refractivity contribution in [2.45, 2.75) is 19.8 Å². The predicted octanol–water partition coefficient (Wildman–Crippen LogP) is 2.76. The maximum Gasteiger partial charge on any atom is 0.411 e. The number of halogens is 1. The number of carbonyl (C=O) groups is 1. The second kappa shape index (κ2) is 5.95. The van der Waals surface area contributed by atoms with Crippen molar-refractivity contribution in [1.82, 2.24) is 0 Å². The van der Waals surface area contributed by atoms with Crippen LogP contribution in [0.3, 0.4) is 0 Å². The fraction of sp³-hybridized carbons (Fsp3) is 0.364. The van der Waals surface area contributed by atoms with Crippen molar-refractivity contribution in [2.75, 3.05) is 17.7 Å². The molecule has 1 amide bonds. The topological polar surface area (TPSA) is 64.3 Å². The summed E-state index contributed by atoms with van der Waals surface area (Å²) in [5.74, 6) is -0.460. The zero-order chi connectivity index (χ0) is 12.0. The molecule has 0 radical (unpaired) electrons. The van der Waals surface area contributed by atoms with E-state index in [0.717, 1.165) is 18.9 Å². The zero-order valence-electron chi connectivity index (χ0n) is 9.13. The molecular formula is C11H15FN2O2. The fourth-order valence-electron chi connectivity index (χ4n) is 1.09. The Morgan fingerprint density at radius 3 is 3.00 bits per heavy atom. The molecule has 16 heavy (non-hydrogen) atoms. The van der Waals surface area contributed by atoms with Gasteiger partial charge in [0.05, 0.1) is 18.0 Å². The average molecular weight is 226 g/mol. The van der Waals surface area contributed by atoms with Gasteiger partial charge in [-0.15, -0.1) is 0 Å². The van der Waals surface area contributed by atoms with E-state index in [4.69, 9.17) is 10.5 Å². The summed E-state index contributed by atoms with van der Waals surface area (Å²) in [5, 5.41) is 2.38. The quantitative estimate of drug-likeness (QED) is 0.613. The van der Waals surface area contributed by atoms with Gasteiger partial charge in [-0.25, -0.2) is 9.18 Å². The van der Waals surface area contributed by atoms with E-state index in [1.54, 1.807) is 0 Å². The molecule has 0 heterocycles. The minimum Gasteiger partial charge on any atom is -0.449 e. The van der Waals surface area contributed by atoms with Crippen molar-refractivity contribution in [3.8, 4) is 0 Å². The molecule has 0 fully saturated rings. The van der Waals surface area contributed by atoms with Gasteiger partial charge in [0.1, 0.15) is 5.82 Å². The lowest BCUT2D eigenvalue weighted by atomic mass is 10.2. The maximum absolute atomic E-state index is 12.9. The van der Waals surface area contributed by atoms with E-state index in [-0.39, 0.29) is 5.69 Å². The van der Waals surface area contributed by atoms with E-state index < -0.39 is 11.9 Å². The van der Waals surface area contributed by atoms with Gasteiger partial charge in [0.15, 0.2) is 0 Å². The lowest BCUT2D eigenvalue weighted by Gasteiger charge is -2.08. The number of hydrogen-bond donors (Lipinski definition) is 2. The number of unbranched alkanes of at least 4 members (excludes halogenated alkanes) is 1. The van der Waals surface area contributed by atoms with Crippen molar-refractivity contribution in [3.63, 3.8) is 0 Å². The van der Waals surface area contributed by atoms with Crippen LogP contribution in [0.2, 0.25) is 0 Å². The molecule has 0 aliphatic rings. The second-order valence-corrected chi connectivity index (χ2v) is 3.35. The van der Waals surface area contributed by atoms with Crippen LogP contribution in [0.4, 0.5) is 20.6 Å². The smallest absolute Gasteiger partial charge is 0.411 e. The standard InChI is InChI=1S/C11H15FN2O2/c1-2-3-6-16-11(15)14-10-7-8(12)4-5-9(10)13/h4-5,7H,2-3,6,13H2,1H3,(H,14,15). The van der Waals surface area contributed by atoms with Crippen molar-refractivity contribution in [1.29, 1.82) is 0 Å². The van der Waals surface area contributed by atoms with E-state index >= 15 is 0 Å². The third-order valence-electron chi connectivity index (χ3n) is 1.98. The molecule has 1 aromatic rings. The SMILES string of the molecule is CCCCOC(=O)Nc1cc(F)ccc1N. The first-order chi connectivity index (χ1) is 7.63. The maximum atomic E-state index is 12.9. The molecule has 0 aliphatic carbocycles. The van der Waals surface area contributed by atoms with Gasteiger partial charge in [0.2, 0.25) is 0 Å². The van der Waals surface area contributed by atoms with Crippen LogP contribution in [0.25, 0.3) is 0 Å². The predicted molar refractivity (Wildman–Crippen MR) is 60.7 cm³/mol. The Hall–Kier alpha value is -1.78. The number of benzene rings is 1. The van der Waals surface area contributed by atoms with Gasteiger partial charge in [0.25, 0.3) is 0 Å². The molecule has 1 aromatic carbocycles. The first-order valence-electron chi connectivity index (χ1n) is 5.12. The van der Waals surface area contributed by atoms with Gasteiger partial charge in [0, 0.05) is 0 Å². The molecule has 1 rings (SSSR count). The number of nitrogen functional groups attached to an aromatic ring is 1. The van der Waals surface area contributed by atoms with E-state index in [1.165, 1.54) is 12.1 Å². The summed E-state index contributed by atoms with van der Waals surface area (Å²) in [4.78, 5) is 11.2. The van der Waals surface area contributed by atoms with Crippen LogP contribution >= 0.6 is 0 Å². The lowest BCUT2D eigenvalue weighted by molar-refractivity contribution is 0.160. The Kier molecular flexibility index (Phi) is 4.57. The summed E-state index contributed by atoms with van der Waals surface area (Å²) >= 11 is 0. The number of carbonyl (C=O) groups excluding carboxylic acids is 1. The molecular weight excluding hydrogens is 211 g/mol. The molecule has 0 saturated heterocycles. The number of rotatable bonds is 4. The number of anilines is 2. The van der Waals surface area contributed by atoms with E-state index in [2.05, 4.69) is 5.32 Å². The van der Waals surface area contributed by atoms with Crippen LogP contribution in [0, 0.1) is 5.82 Å². The Labute approximate surface area is 93.6 Å². The van der Waals surface area contributed by atoms with Crippen molar-refractivity contribution in [2.24, 2.45) is 0 Å². The molecule has 0 bridgehead atoms. The number of hydrogen-bond acceptors (Lipinski definition) is 3. The van der Waals surface area contributed by atoms with Crippen molar-refractivity contribution in [3.05, 3.63) is 24.0 Å². The van der Waals surface area contributed by atoms with Gasteiger partial charge >= 0.3 is 6.09 Å². The van der Waals surface area contributed by atoms with Gasteiger partial charge in [-0.05, 0) is 24.6 Å². The molecule has 0 aromatic heterocycles. The molecule has 0 atom stereocenters. The van der Waals surface area contributed by atoms with E-state index in [9.17, 15) is 9.18 Å². The summed E-state index contributed by atoms with van der Waals surface area (Å²) in [7, 11) is 0. The molecule has 0 saturated carbocycles. The Morgan fingerprint density at radius 2 is 2.31 bits per heavy atom. The molecule has 3 N–H and O–H groups in total. The first kappa shape index (κ1) is 12.3. The Balaban J connectivity index is 2.52. The highest BCUT2D eigenvalue weighted by Crippen LogP contribution is 2.19. The molecule has 0 aliphatic heterocycles. The van der Waals surface area contributed by atoms with Gasteiger partial charge in [-0.3, -0.25) is 5.32 Å². The second-order valence-electron chi connectivity index (χ2n) is 3.35. The Morgan fingerprint density at radius 1 is 1.56 bits per heavy atom. The minimum atomic E-state index is -0.620. The van der Waals surface area contributed by atoms with Gasteiger partial charge in [-0.2, -0.15) is 0 Å². The number of ether oxygens (including phenoxy) is 1. The summed E-state index contributed by atoms with van der Waals surface area (Å²) in [6, 6.07) is 3.76. The van der Waals surface area contributed by atoms with Crippen LogP contribution < -0.4 is 11.1 Å². The van der Waals surface area contributed by atoms with Crippen molar-refractivity contribution >= 4 is 17.5 Å². The monoisotopic (exact) mass is 226 g/mol. The molecule has 88 valence electrons. The normalized spacial score (nSPS) is 9.88. The van der Waals surface area contributed by atoms with Crippen LogP contribution in [0.5, 0.6) is 0 Å². The van der Waals surface area contributed by atoms with E-state index in [1.807, 2.05) is 6.92 Å². The van der Waals surface area contributed by atoms with Gasteiger partial charge in [-0.1, -0.05) is 13.3 Å².